The van der Waals surface area contributed by atoms with Gasteiger partial charge in [-0.25, -0.2) is 4.79 Å². The molecule has 0 bridgehead atoms. The summed E-state index contributed by atoms with van der Waals surface area (Å²) in [5.74, 6) is -1.43. The molecule has 0 saturated carbocycles. The van der Waals surface area contributed by atoms with E-state index in [4.69, 9.17) is 11.6 Å². The Balaban J connectivity index is 1.89. The summed E-state index contributed by atoms with van der Waals surface area (Å²) in [6.45, 7) is 0. The molecule has 0 aromatic heterocycles. The molecule has 1 heterocycles. The summed E-state index contributed by atoms with van der Waals surface area (Å²) in [6.07, 6.45) is 2.07. The van der Waals surface area contributed by atoms with Crippen LogP contribution in [0.2, 0.25) is 5.02 Å². The van der Waals surface area contributed by atoms with Gasteiger partial charge in [-0.3, -0.25) is 20.2 Å². The minimum atomic E-state index is -0.818. The van der Waals surface area contributed by atoms with Crippen LogP contribution >= 0.6 is 11.6 Å². The van der Waals surface area contributed by atoms with Gasteiger partial charge in [0.25, 0.3) is 11.8 Å². The maximum atomic E-state index is 12.2. The molecule has 3 aromatic carbocycles. The molecule has 2 N–H and O–H groups in total. The summed E-state index contributed by atoms with van der Waals surface area (Å²) in [5, 5.41) is 6.74. The quantitative estimate of drug-likeness (QED) is 0.527. The van der Waals surface area contributed by atoms with Crippen LogP contribution < -0.4 is 10.6 Å². The lowest BCUT2D eigenvalue weighted by Gasteiger charge is -2.16. The van der Waals surface area contributed by atoms with Crippen LogP contribution in [-0.2, 0) is 16.0 Å². The molecule has 4 rings (SSSR count). The van der Waals surface area contributed by atoms with Crippen molar-refractivity contribution >= 4 is 46.3 Å². The fourth-order valence-corrected chi connectivity index (χ4v) is 3.47. The molecular weight excluding hydrogens is 376 g/mol. The Kier molecular flexibility index (Phi) is 4.67. The van der Waals surface area contributed by atoms with Crippen LogP contribution in [0.15, 0.2) is 66.2 Å². The number of amides is 4. The molecule has 1 saturated heterocycles. The van der Waals surface area contributed by atoms with Crippen molar-refractivity contribution in [3.05, 3.63) is 87.9 Å². The van der Waals surface area contributed by atoms with Gasteiger partial charge in [0.05, 0.1) is 0 Å². The van der Waals surface area contributed by atoms with Gasteiger partial charge >= 0.3 is 6.03 Å². The van der Waals surface area contributed by atoms with Gasteiger partial charge in [0.2, 0.25) is 0 Å². The van der Waals surface area contributed by atoms with Crippen LogP contribution in [0.5, 0.6) is 0 Å². The molecule has 138 valence electrons. The molecule has 0 atom stereocenters. The highest BCUT2D eigenvalue weighted by Crippen LogP contribution is 2.29. The van der Waals surface area contributed by atoms with Crippen molar-refractivity contribution in [3.8, 4) is 0 Å². The van der Waals surface area contributed by atoms with Gasteiger partial charge in [0.1, 0.15) is 5.57 Å². The van der Waals surface area contributed by atoms with Gasteiger partial charge in [0.15, 0.2) is 0 Å². The van der Waals surface area contributed by atoms with Crippen molar-refractivity contribution in [1.82, 2.24) is 10.6 Å². The largest absolute Gasteiger partial charge is 0.328 e. The second-order valence-electron chi connectivity index (χ2n) is 6.42. The zero-order valence-electron chi connectivity index (χ0n) is 14.7. The first-order chi connectivity index (χ1) is 13.5. The normalized spacial score (nSPS) is 14.0. The summed E-state index contributed by atoms with van der Waals surface area (Å²) in [6, 6.07) is 18.4. The Labute approximate surface area is 166 Å². The highest BCUT2D eigenvalue weighted by molar-refractivity contribution is 6.32. The third kappa shape index (κ3) is 3.40. The van der Waals surface area contributed by atoms with E-state index >= 15 is 0 Å². The van der Waals surface area contributed by atoms with Gasteiger partial charge in [-0.15, -0.1) is 0 Å². The van der Waals surface area contributed by atoms with E-state index in [1.807, 2.05) is 60.7 Å². The molecule has 5 nitrogen and oxygen atoms in total. The van der Waals surface area contributed by atoms with Crippen molar-refractivity contribution in [2.24, 2.45) is 0 Å². The first-order valence-corrected chi connectivity index (χ1v) is 9.03. The maximum Gasteiger partial charge on any atom is 0.328 e. The van der Waals surface area contributed by atoms with Crippen molar-refractivity contribution in [2.75, 3.05) is 0 Å². The Morgan fingerprint density at radius 1 is 0.786 bits per heavy atom. The molecule has 0 unspecified atom stereocenters. The summed E-state index contributed by atoms with van der Waals surface area (Å²) >= 11 is 6.32. The molecule has 1 aliphatic rings. The standard InChI is InChI=1S/C22H15ClN2O3/c23-19-8-4-2-6-15(19)11-14-10-9-13-5-1-3-7-16(13)17(14)12-18-20(26)24-22(28)25-21(18)27/h1-10,12H,11H2,(H2,24,25,26,27,28). The summed E-state index contributed by atoms with van der Waals surface area (Å²) in [7, 11) is 0. The molecule has 4 amide bonds. The van der Waals surface area contributed by atoms with E-state index in [2.05, 4.69) is 10.6 Å². The molecular formula is C22H15ClN2O3. The number of hydrogen-bond donors (Lipinski definition) is 2. The first kappa shape index (κ1) is 17.9. The lowest BCUT2D eigenvalue weighted by atomic mass is 9.92. The van der Waals surface area contributed by atoms with Gasteiger partial charge in [-0.2, -0.15) is 0 Å². The Hall–Kier alpha value is -3.44. The molecule has 3 aromatic rings. The molecule has 28 heavy (non-hydrogen) atoms. The number of nitrogens with one attached hydrogen (secondary N) is 2. The van der Waals surface area contributed by atoms with Crippen molar-refractivity contribution in [3.63, 3.8) is 0 Å². The predicted octanol–water partition coefficient (Wildman–Crippen LogP) is 3.83. The Morgan fingerprint density at radius 3 is 2.21 bits per heavy atom. The zero-order chi connectivity index (χ0) is 19.7. The van der Waals surface area contributed by atoms with E-state index < -0.39 is 17.8 Å². The third-order valence-electron chi connectivity index (χ3n) is 4.63. The minimum Gasteiger partial charge on any atom is -0.273 e. The molecule has 1 fully saturated rings. The molecule has 0 radical (unpaired) electrons. The number of urea groups is 1. The average molecular weight is 391 g/mol. The van der Waals surface area contributed by atoms with Crippen LogP contribution in [0, 0.1) is 0 Å². The number of carbonyl (C=O) groups is 3. The van der Waals surface area contributed by atoms with Crippen molar-refractivity contribution < 1.29 is 14.4 Å². The first-order valence-electron chi connectivity index (χ1n) is 8.65. The minimum absolute atomic E-state index is 0.114. The van der Waals surface area contributed by atoms with Gasteiger partial charge in [0, 0.05) is 5.02 Å². The van der Waals surface area contributed by atoms with E-state index in [0.29, 0.717) is 11.4 Å². The maximum absolute atomic E-state index is 12.2. The lowest BCUT2D eigenvalue weighted by Crippen LogP contribution is -2.51. The van der Waals surface area contributed by atoms with E-state index in [0.717, 1.165) is 27.5 Å². The van der Waals surface area contributed by atoms with E-state index in [-0.39, 0.29) is 5.57 Å². The summed E-state index contributed by atoms with van der Waals surface area (Å²) < 4.78 is 0. The number of halogens is 1. The number of fused-ring (bicyclic) bond motifs is 1. The van der Waals surface area contributed by atoms with Gasteiger partial charge in [-0.1, -0.05) is 66.2 Å². The molecule has 6 heteroatoms. The zero-order valence-corrected chi connectivity index (χ0v) is 15.4. The number of rotatable bonds is 3. The lowest BCUT2D eigenvalue weighted by molar-refractivity contribution is -0.123. The average Bonchev–Trinajstić information content (AvgIpc) is 2.67. The smallest absolute Gasteiger partial charge is 0.273 e. The number of benzene rings is 3. The number of imide groups is 2. The van der Waals surface area contributed by atoms with Crippen LogP contribution in [0.4, 0.5) is 4.79 Å². The van der Waals surface area contributed by atoms with Gasteiger partial charge < -0.3 is 0 Å². The fourth-order valence-electron chi connectivity index (χ4n) is 3.26. The second-order valence-corrected chi connectivity index (χ2v) is 6.83. The van der Waals surface area contributed by atoms with Crippen LogP contribution in [0.1, 0.15) is 16.7 Å². The van der Waals surface area contributed by atoms with E-state index in [1.165, 1.54) is 6.08 Å². The summed E-state index contributed by atoms with van der Waals surface area (Å²) in [5.41, 5.74) is 2.48. The summed E-state index contributed by atoms with van der Waals surface area (Å²) in [4.78, 5) is 35.7. The molecule has 0 spiro atoms. The van der Waals surface area contributed by atoms with Crippen LogP contribution in [0.25, 0.3) is 16.8 Å². The molecule has 1 aliphatic heterocycles. The van der Waals surface area contributed by atoms with E-state index in [1.54, 1.807) is 0 Å². The SMILES string of the molecule is O=C1NC(=O)C(=Cc2c(Cc3ccccc3Cl)ccc3ccccc23)C(=O)N1. The van der Waals surface area contributed by atoms with Crippen LogP contribution in [-0.4, -0.2) is 17.8 Å². The fraction of sp³-hybridized carbons (Fsp3) is 0.0455. The second kappa shape index (κ2) is 7.29. The van der Waals surface area contributed by atoms with E-state index in [9.17, 15) is 14.4 Å². The Morgan fingerprint density at radius 2 is 1.46 bits per heavy atom. The van der Waals surface area contributed by atoms with Crippen LogP contribution in [0.3, 0.4) is 0 Å². The highest BCUT2D eigenvalue weighted by Gasteiger charge is 2.28. The highest BCUT2D eigenvalue weighted by atomic mass is 35.5. The number of carbonyl (C=O) groups excluding carboxylic acids is 3. The Bertz CT molecular complexity index is 1150. The number of hydrogen-bond acceptors (Lipinski definition) is 3. The molecule has 0 aliphatic carbocycles. The topological polar surface area (TPSA) is 75.3 Å². The third-order valence-corrected chi connectivity index (χ3v) is 5.00. The predicted molar refractivity (Wildman–Crippen MR) is 108 cm³/mol. The monoisotopic (exact) mass is 390 g/mol. The number of barbiturate groups is 1. The van der Waals surface area contributed by atoms with Crippen molar-refractivity contribution in [1.29, 1.82) is 0 Å². The van der Waals surface area contributed by atoms with Crippen molar-refractivity contribution in [2.45, 2.75) is 6.42 Å². The van der Waals surface area contributed by atoms with Gasteiger partial charge in [-0.05, 0) is 46.0 Å².